The molecular weight excluding hydrogens is 278 g/mol. The van der Waals surface area contributed by atoms with E-state index < -0.39 is 11.8 Å². The van der Waals surface area contributed by atoms with Crippen LogP contribution in [0.4, 0.5) is 5.69 Å². The molecule has 2 saturated heterocycles. The normalized spacial score (nSPS) is 23.0. The molecule has 2 heterocycles. The highest BCUT2D eigenvalue weighted by atomic mass is 16.2. The number of hydrogen-bond acceptors (Lipinski definition) is 3. The SMILES string of the molecule is CN1CCN(c2ccccc2CC2CCCCN2)C(=O)C1=O. The first-order valence-electron chi connectivity index (χ1n) is 8.05. The Morgan fingerprint density at radius 3 is 2.73 bits per heavy atom. The summed E-state index contributed by atoms with van der Waals surface area (Å²) in [6.45, 7) is 2.22. The van der Waals surface area contributed by atoms with Gasteiger partial charge in [0.15, 0.2) is 0 Å². The van der Waals surface area contributed by atoms with Gasteiger partial charge in [-0.3, -0.25) is 9.59 Å². The lowest BCUT2D eigenvalue weighted by atomic mass is 9.96. The van der Waals surface area contributed by atoms with Gasteiger partial charge in [0.2, 0.25) is 0 Å². The lowest BCUT2D eigenvalue weighted by Crippen LogP contribution is -2.53. The molecule has 0 spiro atoms. The summed E-state index contributed by atoms with van der Waals surface area (Å²) in [5, 5.41) is 3.55. The van der Waals surface area contributed by atoms with Crippen LogP contribution in [0.5, 0.6) is 0 Å². The summed E-state index contributed by atoms with van der Waals surface area (Å²) < 4.78 is 0. The molecule has 5 nitrogen and oxygen atoms in total. The molecule has 22 heavy (non-hydrogen) atoms. The Hall–Kier alpha value is -1.88. The van der Waals surface area contributed by atoms with Crippen molar-refractivity contribution in [3.8, 4) is 0 Å². The van der Waals surface area contributed by atoms with Crippen LogP contribution >= 0.6 is 0 Å². The summed E-state index contributed by atoms with van der Waals surface area (Å²) >= 11 is 0. The minimum Gasteiger partial charge on any atom is -0.336 e. The summed E-state index contributed by atoms with van der Waals surface area (Å²) in [7, 11) is 1.68. The van der Waals surface area contributed by atoms with E-state index in [1.165, 1.54) is 24.2 Å². The van der Waals surface area contributed by atoms with Gasteiger partial charge in [-0.15, -0.1) is 0 Å². The van der Waals surface area contributed by atoms with E-state index in [-0.39, 0.29) is 0 Å². The Morgan fingerprint density at radius 2 is 1.95 bits per heavy atom. The third-order valence-corrected chi connectivity index (χ3v) is 4.59. The van der Waals surface area contributed by atoms with E-state index in [2.05, 4.69) is 11.4 Å². The summed E-state index contributed by atoms with van der Waals surface area (Å²) in [5.74, 6) is -0.838. The number of carbonyl (C=O) groups is 2. The number of amides is 2. The highest BCUT2D eigenvalue weighted by Gasteiger charge is 2.32. The molecule has 0 aromatic heterocycles. The summed E-state index contributed by atoms with van der Waals surface area (Å²) in [6.07, 6.45) is 4.57. The Bertz CT molecular complexity index is 567. The molecule has 118 valence electrons. The van der Waals surface area contributed by atoms with Gasteiger partial charge in [0.05, 0.1) is 0 Å². The molecule has 1 aromatic rings. The number of benzene rings is 1. The molecule has 1 unspecified atom stereocenters. The number of para-hydroxylation sites is 1. The van der Waals surface area contributed by atoms with Crippen LogP contribution in [0.2, 0.25) is 0 Å². The van der Waals surface area contributed by atoms with Gasteiger partial charge in [-0.1, -0.05) is 24.6 Å². The monoisotopic (exact) mass is 301 g/mol. The van der Waals surface area contributed by atoms with Crippen molar-refractivity contribution in [2.75, 3.05) is 31.6 Å². The van der Waals surface area contributed by atoms with Gasteiger partial charge >= 0.3 is 11.8 Å². The lowest BCUT2D eigenvalue weighted by Gasteiger charge is -2.33. The molecule has 1 atom stereocenters. The van der Waals surface area contributed by atoms with E-state index in [0.29, 0.717) is 19.1 Å². The number of carbonyl (C=O) groups excluding carboxylic acids is 2. The van der Waals surface area contributed by atoms with Gasteiger partial charge in [-0.05, 0) is 37.4 Å². The topological polar surface area (TPSA) is 52.6 Å². The molecule has 0 radical (unpaired) electrons. The number of hydrogen-bond donors (Lipinski definition) is 1. The van der Waals surface area contributed by atoms with E-state index in [1.54, 1.807) is 11.9 Å². The van der Waals surface area contributed by atoms with Crippen molar-refractivity contribution in [2.45, 2.75) is 31.7 Å². The highest BCUT2D eigenvalue weighted by Crippen LogP contribution is 2.25. The van der Waals surface area contributed by atoms with Gasteiger partial charge in [0.25, 0.3) is 0 Å². The largest absolute Gasteiger partial charge is 0.336 e. The van der Waals surface area contributed by atoms with Crippen molar-refractivity contribution < 1.29 is 9.59 Å². The zero-order chi connectivity index (χ0) is 15.5. The lowest BCUT2D eigenvalue weighted by molar-refractivity contribution is -0.145. The second-order valence-corrected chi connectivity index (χ2v) is 6.16. The van der Waals surface area contributed by atoms with Crippen LogP contribution in [0.3, 0.4) is 0 Å². The Morgan fingerprint density at radius 1 is 1.14 bits per heavy atom. The number of piperidine rings is 1. The summed E-state index contributed by atoms with van der Waals surface area (Å²) in [6, 6.07) is 8.43. The number of likely N-dealkylation sites (N-methyl/N-ethyl adjacent to an activating group) is 1. The summed E-state index contributed by atoms with van der Waals surface area (Å²) in [5.41, 5.74) is 2.04. The van der Waals surface area contributed by atoms with Gasteiger partial charge < -0.3 is 15.1 Å². The van der Waals surface area contributed by atoms with Gasteiger partial charge in [-0.25, -0.2) is 0 Å². The van der Waals surface area contributed by atoms with Crippen LogP contribution < -0.4 is 10.2 Å². The first kappa shape index (κ1) is 15.0. The minimum absolute atomic E-state index is 0.419. The number of nitrogens with zero attached hydrogens (tertiary/aromatic N) is 2. The first-order valence-corrected chi connectivity index (χ1v) is 8.05. The molecule has 2 aliphatic rings. The number of anilines is 1. The van der Waals surface area contributed by atoms with Crippen molar-refractivity contribution >= 4 is 17.5 Å². The van der Waals surface area contributed by atoms with Gasteiger partial charge in [0.1, 0.15) is 0 Å². The predicted octanol–water partition coefficient (Wildman–Crippen LogP) is 1.18. The maximum absolute atomic E-state index is 12.3. The third kappa shape index (κ3) is 2.99. The van der Waals surface area contributed by atoms with Crippen molar-refractivity contribution in [1.29, 1.82) is 0 Å². The van der Waals surface area contributed by atoms with Crippen LogP contribution in [-0.4, -0.2) is 49.4 Å². The van der Waals surface area contributed by atoms with Crippen LogP contribution in [-0.2, 0) is 16.0 Å². The van der Waals surface area contributed by atoms with Gasteiger partial charge in [-0.2, -0.15) is 0 Å². The number of rotatable bonds is 3. The molecule has 0 saturated carbocycles. The van der Waals surface area contributed by atoms with E-state index in [9.17, 15) is 9.59 Å². The second kappa shape index (κ2) is 6.48. The minimum atomic E-state index is -0.420. The maximum atomic E-state index is 12.3. The molecule has 0 aliphatic carbocycles. The zero-order valence-corrected chi connectivity index (χ0v) is 13.0. The van der Waals surface area contributed by atoms with E-state index in [1.807, 2.05) is 18.2 Å². The molecule has 0 bridgehead atoms. The molecule has 2 aliphatic heterocycles. The van der Waals surface area contributed by atoms with Crippen LogP contribution in [0.25, 0.3) is 0 Å². The molecule has 2 amide bonds. The van der Waals surface area contributed by atoms with Gasteiger partial charge in [0, 0.05) is 31.9 Å². The predicted molar refractivity (Wildman–Crippen MR) is 85.8 cm³/mol. The van der Waals surface area contributed by atoms with Crippen LogP contribution in [0.15, 0.2) is 24.3 Å². The first-order chi connectivity index (χ1) is 10.7. The zero-order valence-electron chi connectivity index (χ0n) is 13.0. The fourth-order valence-corrected chi connectivity index (χ4v) is 3.27. The van der Waals surface area contributed by atoms with E-state index >= 15 is 0 Å². The molecule has 2 fully saturated rings. The van der Waals surface area contributed by atoms with E-state index in [4.69, 9.17) is 0 Å². The smallest absolute Gasteiger partial charge is 0.316 e. The fourth-order valence-electron chi connectivity index (χ4n) is 3.27. The average Bonchev–Trinajstić information content (AvgIpc) is 2.55. The standard InChI is InChI=1S/C17H23N3O2/c1-19-10-11-20(17(22)16(19)21)15-8-3-2-6-13(15)12-14-7-4-5-9-18-14/h2-3,6,8,14,18H,4-5,7,9-12H2,1H3. The Balaban J connectivity index is 1.81. The third-order valence-electron chi connectivity index (χ3n) is 4.59. The van der Waals surface area contributed by atoms with Crippen molar-refractivity contribution in [3.63, 3.8) is 0 Å². The fraction of sp³-hybridized carbons (Fsp3) is 0.529. The average molecular weight is 301 g/mol. The van der Waals surface area contributed by atoms with Crippen LogP contribution in [0, 0.1) is 0 Å². The molecular formula is C17H23N3O2. The number of nitrogens with one attached hydrogen (secondary N) is 1. The van der Waals surface area contributed by atoms with Crippen LogP contribution in [0.1, 0.15) is 24.8 Å². The number of piperazine rings is 1. The van der Waals surface area contributed by atoms with Crippen molar-refractivity contribution in [2.24, 2.45) is 0 Å². The Kier molecular flexibility index (Phi) is 4.43. The molecule has 3 rings (SSSR count). The highest BCUT2D eigenvalue weighted by molar-refractivity contribution is 6.41. The van der Waals surface area contributed by atoms with E-state index in [0.717, 1.165) is 24.2 Å². The Labute approximate surface area is 131 Å². The molecule has 5 heteroatoms. The quantitative estimate of drug-likeness (QED) is 0.853. The molecule has 1 aromatic carbocycles. The van der Waals surface area contributed by atoms with Crippen molar-refractivity contribution in [1.82, 2.24) is 10.2 Å². The maximum Gasteiger partial charge on any atom is 0.316 e. The molecule has 1 N–H and O–H groups in total. The summed E-state index contributed by atoms with van der Waals surface area (Å²) in [4.78, 5) is 27.4. The second-order valence-electron chi connectivity index (χ2n) is 6.16. The van der Waals surface area contributed by atoms with Crippen molar-refractivity contribution in [3.05, 3.63) is 29.8 Å².